The predicted molar refractivity (Wildman–Crippen MR) is 102 cm³/mol. The van der Waals surface area contributed by atoms with E-state index in [1.165, 1.54) is 0 Å². The normalized spacial score (nSPS) is 15.1. The van der Waals surface area contributed by atoms with Gasteiger partial charge in [-0.15, -0.1) is 0 Å². The van der Waals surface area contributed by atoms with Crippen molar-refractivity contribution in [3.63, 3.8) is 0 Å². The lowest BCUT2D eigenvalue weighted by atomic mass is 10.1. The van der Waals surface area contributed by atoms with Crippen LogP contribution in [-0.2, 0) is 4.79 Å². The zero-order valence-corrected chi connectivity index (χ0v) is 16.0. The minimum atomic E-state index is -0.953. The van der Waals surface area contributed by atoms with Crippen molar-refractivity contribution in [3.05, 3.63) is 47.2 Å². The standard InChI is InChI=1S/C19H23ClN4O2/c1-14-13-15(5-6-16(14)20)26-19(2,3)17(25)23-9-11-24(12-10-23)18-21-7-4-8-22-18/h4-8,13H,9-12H2,1-3H3. The molecule has 0 bridgehead atoms. The zero-order valence-electron chi connectivity index (χ0n) is 15.3. The third-order valence-electron chi connectivity index (χ3n) is 4.42. The SMILES string of the molecule is Cc1cc(OC(C)(C)C(=O)N2CCN(c3ncccn3)CC2)ccc1Cl. The van der Waals surface area contributed by atoms with Gasteiger partial charge in [-0.25, -0.2) is 9.97 Å². The van der Waals surface area contributed by atoms with Gasteiger partial charge in [-0.2, -0.15) is 0 Å². The molecule has 2 aromatic rings. The summed E-state index contributed by atoms with van der Waals surface area (Å²) in [6, 6.07) is 7.21. The number of halogens is 1. The summed E-state index contributed by atoms with van der Waals surface area (Å²) in [5, 5.41) is 0.681. The Bertz CT molecular complexity index is 774. The predicted octanol–water partition coefficient (Wildman–Crippen LogP) is 2.94. The molecule has 0 radical (unpaired) electrons. The van der Waals surface area contributed by atoms with Gasteiger partial charge < -0.3 is 14.5 Å². The molecule has 1 aliphatic rings. The van der Waals surface area contributed by atoms with Crippen molar-refractivity contribution in [2.45, 2.75) is 26.4 Å². The Kier molecular flexibility index (Phi) is 5.32. The van der Waals surface area contributed by atoms with Crippen LogP contribution in [0.25, 0.3) is 0 Å². The van der Waals surface area contributed by atoms with Crippen LogP contribution in [0.2, 0.25) is 5.02 Å². The number of amides is 1. The summed E-state index contributed by atoms with van der Waals surface area (Å²) < 4.78 is 5.98. The maximum absolute atomic E-state index is 12.9. The lowest BCUT2D eigenvalue weighted by molar-refractivity contribution is -0.145. The molecule has 138 valence electrons. The van der Waals surface area contributed by atoms with Crippen LogP contribution in [-0.4, -0.2) is 52.6 Å². The van der Waals surface area contributed by atoms with Gasteiger partial charge in [0.2, 0.25) is 5.95 Å². The van der Waals surface area contributed by atoms with Crippen LogP contribution in [0, 0.1) is 6.92 Å². The Balaban J connectivity index is 1.62. The van der Waals surface area contributed by atoms with Crippen LogP contribution >= 0.6 is 11.6 Å². The Morgan fingerprint density at radius 3 is 2.42 bits per heavy atom. The van der Waals surface area contributed by atoms with Crippen LogP contribution < -0.4 is 9.64 Å². The number of ether oxygens (including phenoxy) is 1. The zero-order chi connectivity index (χ0) is 18.7. The number of hydrogen-bond donors (Lipinski definition) is 0. The van der Waals surface area contributed by atoms with Crippen LogP contribution in [0.1, 0.15) is 19.4 Å². The van der Waals surface area contributed by atoms with Gasteiger partial charge >= 0.3 is 0 Å². The second-order valence-corrected chi connectivity index (χ2v) is 7.26. The summed E-state index contributed by atoms with van der Waals surface area (Å²) in [5.41, 5.74) is -0.0324. The van der Waals surface area contributed by atoms with E-state index in [-0.39, 0.29) is 5.91 Å². The van der Waals surface area contributed by atoms with E-state index >= 15 is 0 Å². The molecule has 0 spiro atoms. The van der Waals surface area contributed by atoms with Crippen molar-refractivity contribution in [1.29, 1.82) is 0 Å². The van der Waals surface area contributed by atoms with E-state index < -0.39 is 5.60 Å². The quantitative estimate of drug-likeness (QED) is 0.823. The number of aromatic nitrogens is 2. The highest BCUT2D eigenvalue weighted by Gasteiger charge is 2.36. The molecule has 0 N–H and O–H groups in total. The van der Waals surface area contributed by atoms with Gasteiger partial charge in [-0.3, -0.25) is 4.79 Å². The molecule has 1 aromatic carbocycles. The summed E-state index contributed by atoms with van der Waals surface area (Å²) in [5.74, 6) is 1.31. The lowest BCUT2D eigenvalue weighted by Crippen LogP contribution is -2.56. The monoisotopic (exact) mass is 374 g/mol. The van der Waals surface area contributed by atoms with Gasteiger partial charge in [-0.05, 0) is 50.6 Å². The fraction of sp³-hybridized carbons (Fsp3) is 0.421. The van der Waals surface area contributed by atoms with E-state index in [2.05, 4.69) is 14.9 Å². The van der Waals surface area contributed by atoms with E-state index in [1.807, 2.05) is 17.9 Å². The number of anilines is 1. The minimum absolute atomic E-state index is 0.0290. The van der Waals surface area contributed by atoms with E-state index in [1.54, 1.807) is 44.4 Å². The molecular formula is C19H23ClN4O2. The molecule has 0 saturated carbocycles. The van der Waals surface area contributed by atoms with Crippen LogP contribution in [0.15, 0.2) is 36.7 Å². The Morgan fingerprint density at radius 1 is 1.15 bits per heavy atom. The highest BCUT2D eigenvalue weighted by Crippen LogP contribution is 2.26. The first-order chi connectivity index (χ1) is 12.4. The van der Waals surface area contributed by atoms with E-state index in [4.69, 9.17) is 16.3 Å². The fourth-order valence-electron chi connectivity index (χ4n) is 2.96. The van der Waals surface area contributed by atoms with Crippen LogP contribution in [0.3, 0.4) is 0 Å². The molecule has 1 amide bonds. The molecule has 0 aliphatic carbocycles. The second kappa shape index (κ2) is 7.50. The van der Waals surface area contributed by atoms with Crippen molar-refractivity contribution >= 4 is 23.5 Å². The number of carbonyl (C=O) groups is 1. The van der Waals surface area contributed by atoms with Gasteiger partial charge in [0.05, 0.1) is 0 Å². The van der Waals surface area contributed by atoms with Crippen LogP contribution in [0.4, 0.5) is 5.95 Å². The molecule has 3 rings (SSSR count). The van der Waals surface area contributed by atoms with E-state index in [9.17, 15) is 4.79 Å². The van der Waals surface area contributed by atoms with Gasteiger partial charge in [0.1, 0.15) is 5.75 Å². The largest absolute Gasteiger partial charge is 0.478 e. The molecular weight excluding hydrogens is 352 g/mol. The highest BCUT2D eigenvalue weighted by molar-refractivity contribution is 6.31. The van der Waals surface area contributed by atoms with Crippen molar-refractivity contribution in [1.82, 2.24) is 14.9 Å². The molecule has 6 nitrogen and oxygen atoms in total. The summed E-state index contributed by atoms with van der Waals surface area (Å²) >= 11 is 6.05. The maximum Gasteiger partial charge on any atom is 0.266 e. The number of hydrogen-bond acceptors (Lipinski definition) is 5. The average molecular weight is 375 g/mol. The van der Waals surface area contributed by atoms with Crippen molar-refractivity contribution < 1.29 is 9.53 Å². The average Bonchev–Trinajstić information content (AvgIpc) is 2.65. The van der Waals surface area contributed by atoms with Crippen molar-refractivity contribution in [3.8, 4) is 5.75 Å². The number of rotatable bonds is 4. The summed E-state index contributed by atoms with van der Waals surface area (Å²) in [6.07, 6.45) is 3.45. The van der Waals surface area contributed by atoms with Crippen molar-refractivity contribution in [2.75, 3.05) is 31.1 Å². The molecule has 0 atom stereocenters. The molecule has 1 saturated heterocycles. The Morgan fingerprint density at radius 2 is 1.81 bits per heavy atom. The van der Waals surface area contributed by atoms with Crippen molar-refractivity contribution in [2.24, 2.45) is 0 Å². The van der Waals surface area contributed by atoms with Gasteiger partial charge in [0.25, 0.3) is 5.91 Å². The third-order valence-corrected chi connectivity index (χ3v) is 4.84. The number of benzene rings is 1. The summed E-state index contributed by atoms with van der Waals surface area (Å²) in [4.78, 5) is 25.4. The van der Waals surface area contributed by atoms with Gasteiger partial charge in [0, 0.05) is 43.6 Å². The lowest BCUT2D eigenvalue weighted by Gasteiger charge is -2.38. The first kappa shape index (κ1) is 18.5. The Labute approximate surface area is 158 Å². The third kappa shape index (κ3) is 4.07. The van der Waals surface area contributed by atoms with Gasteiger partial charge in [-0.1, -0.05) is 11.6 Å². The second-order valence-electron chi connectivity index (χ2n) is 6.85. The number of piperazine rings is 1. The molecule has 0 unspecified atom stereocenters. The van der Waals surface area contributed by atoms with E-state index in [0.717, 1.165) is 5.56 Å². The molecule has 1 aromatic heterocycles. The van der Waals surface area contributed by atoms with Crippen LogP contribution in [0.5, 0.6) is 5.75 Å². The fourth-order valence-corrected chi connectivity index (χ4v) is 3.08. The van der Waals surface area contributed by atoms with E-state index in [0.29, 0.717) is 42.9 Å². The maximum atomic E-state index is 12.9. The smallest absolute Gasteiger partial charge is 0.266 e. The number of aryl methyl sites for hydroxylation is 1. The summed E-state index contributed by atoms with van der Waals surface area (Å²) in [7, 11) is 0. The number of nitrogens with zero attached hydrogens (tertiary/aromatic N) is 4. The van der Waals surface area contributed by atoms with Gasteiger partial charge in [0.15, 0.2) is 5.60 Å². The Hall–Kier alpha value is -2.34. The first-order valence-electron chi connectivity index (χ1n) is 8.63. The summed E-state index contributed by atoms with van der Waals surface area (Å²) in [6.45, 7) is 8.14. The highest BCUT2D eigenvalue weighted by atomic mass is 35.5. The number of carbonyl (C=O) groups excluding carboxylic acids is 1. The molecule has 1 aliphatic heterocycles. The molecule has 26 heavy (non-hydrogen) atoms. The minimum Gasteiger partial charge on any atom is -0.478 e. The molecule has 1 fully saturated rings. The molecule has 7 heteroatoms. The molecule has 2 heterocycles. The topological polar surface area (TPSA) is 58.6 Å². The first-order valence-corrected chi connectivity index (χ1v) is 9.01.